The molecular weight excluding hydrogens is 363 g/mol. The molecule has 0 spiro atoms. The molecule has 0 aromatic heterocycles. The quantitative estimate of drug-likeness (QED) is 0.107. The molecule has 0 amide bonds. The molecule has 0 radical (unpaired) electrons. The summed E-state index contributed by atoms with van der Waals surface area (Å²) in [6, 6.07) is 0. The monoisotopic (exact) mass is 412 g/mol. The van der Waals surface area contributed by atoms with Crippen molar-refractivity contribution in [3.8, 4) is 0 Å². The van der Waals surface area contributed by atoms with Gasteiger partial charge in [-0.05, 0) is 25.8 Å². The van der Waals surface area contributed by atoms with E-state index in [0.717, 1.165) is 25.7 Å². The van der Waals surface area contributed by atoms with E-state index in [9.17, 15) is 9.18 Å². The van der Waals surface area contributed by atoms with Crippen molar-refractivity contribution in [2.45, 2.75) is 143 Å². The summed E-state index contributed by atoms with van der Waals surface area (Å²) in [5.41, 5.74) is 0.407. The molecule has 0 aliphatic heterocycles. The van der Waals surface area contributed by atoms with E-state index in [4.69, 9.17) is 4.74 Å². The molecule has 3 heteroatoms. The highest BCUT2D eigenvalue weighted by molar-refractivity contribution is 5.87. The number of rotatable bonds is 21. The fourth-order valence-corrected chi connectivity index (χ4v) is 3.59. The van der Waals surface area contributed by atoms with Gasteiger partial charge in [-0.3, -0.25) is 0 Å². The zero-order valence-corrected chi connectivity index (χ0v) is 19.8. The highest BCUT2D eigenvalue weighted by Crippen LogP contribution is 2.14. The van der Waals surface area contributed by atoms with Gasteiger partial charge in [-0.15, -0.1) is 0 Å². The first-order valence-corrected chi connectivity index (χ1v) is 12.6. The van der Waals surface area contributed by atoms with E-state index >= 15 is 0 Å². The normalized spacial score (nSPS) is 12.9. The molecule has 0 aromatic carbocycles. The lowest BCUT2D eigenvalue weighted by atomic mass is 10.1. The third-order valence-electron chi connectivity index (χ3n) is 5.57. The van der Waals surface area contributed by atoms with Crippen LogP contribution in [0.3, 0.4) is 0 Å². The number of hydrogen-bond donors (Lipinski definition) is 0. The highest BCUT2D eigenvalue weighted by Gasteiger charge is 2.10. The number of carbonyl (C=O) groups excluding carboxylic acids is 1. The summed E-state index contributed by atoms with van der Waals surface area (Å²) in [6.45, 7) is 6.55. The van der Waals surface area contributed by atoms with Crippen LogP contribution in [0.5, 0.6) is 0 Å². The molecule has 0 N–H and O–H groups in total. The Morgan fingerprint density at radius 3 is 1.62 bits per heavy atom. The lowest BCUT2D eigenvalue weighted by Crippen LogP contribution is -2.09. The zero-order valence-electron chi connectivity index (χ0n) is 19.8. The van der Waals surface area contributed by atoms with Crippen molar-refractivity contribution >= 4 is 5.97 Å². The summed E-state index contributed by atoms with van der Waals surface area (Å²) in [5, 5.41) is 0. The van der Waals surface area contributed by atoms with Crippen LogP contribution in [0.25, 0.3) is 0 Å². The van der Waals surface area contributed by atoms with Gasteiger partial charge in [0.25, 0.3) is 0 Å². The van der Waals surface area contributed by atoms with Gasteiger partial charge in [-0.25, -0.2) is 9.18 Å². The minimum atomic E-state index is -1.03. The van der Waals surface area contributed by atoms with Crippen LogP contribution in [0.15, 0.2) is 11.6 Å². The molecule has 29 heavy (non-hydrogen) atoms. The van der Waals surface area contributed by atoms with Crippen LogP contribution >= 0.6 is 0 Å². The zero-order chi connectivity index (χ0) is 21.6. The minimum Gasteiger partial charge on any atom is -0.462 e. The number of unbranched alkanes of at least 4 members (excludes halogenated alkanes) is 15. The topological polar surface area (TPSA) is 26.3 Å². The predicted octanol–water partition coefficient (Wildman–Crippen LogP) is 8.88. The van der Waals surface area contributed by atoms with Crippen molar-refractivity contribution in [2.24, 2.45) is 0 Å². The lowest BCUT2D eigenvalue weighted by Gasteiger charge is -2.07. The maximum absolute atomic E-state index is 13.9. The van der Waals surface area contributed by atoms with Gasteiger partial charge >= 0.3 is 5.97 Å². The molecule has 0 aliphatic rings. The predicted molar refractivity (Wildman–Crippen MR) is 124 cm³/mol. The molecule has 0 saturated carbocycles. The fourth-order valence-electron chi connectivity index (χ4n) is 3.59. The molecule has 1 atom stereocenters. The van der Waals surface area contributed by atoms with Crippen molar-refractivity contribution in [2.75, 3.05) is 6.61 Å². The number of alkyl halides is 1. The molecule has 2 nitrogen and oxygen atoms in total. The molecule has 0 rings (SSSR count). The molecule has 1 unspecified atom stereocenters. The molecular formula is C26H49FO2. The van der Waals surface area contributed by atoms with Gasteiger partial charge in [0.1, 0.15) is 6.17 Å². The lowest BCUT2D eigenvalue weighted by molar-refractivity contribution is -0.139. The van der Waals surface area contributed by atoms with Crippen LogP contribution in [0, 0.1) is 0 Å². The van der Waals surface area contributed by atoms with E-state index in [-0.39, 0.29) is 5.97 Å². The number of carbonyl (C=O) groups is 1. The van der Waals surface area contributed by atoms with Gasteiger partial charge in [0.05, 0.1) is 6.61 Å². The third-order valence-corrected chi connectivity index (χ3v) is 5.57. The van der Waals surface area contributed by atoms with E-state index < -0.39 is 6.17 Å². The maximum atomic E-state index is 13.9. The second-order valence-electron chi connectivity index (χ2n) is 8.59. The number of halogens is 1. The molecule has 0 aromatic rings. The molecule has 0 aliphatic carbocycles. The second kappa shape index (κ2) is 21.8. The number of esters is 1. The molecule has 0 heterocycles. The number of ether oxygens (including phenoxy) is 1. The second-order valence-corrected chi connectivity index (χ2v) is 8.59. The molecule has 0 bridgehead atoms. The Kier molecular flexibility index (Phi) is 21.2. The van der Waals surface area contributed by atoms with E-state index in [1.54, 1.807) is 6.92 Å². The summed E-state index contributed by atoms with van der Waals surface area (Å²) in [4.78, 5) is 11.9. The fraction of sp³-hybridized carbons (Fsp3) is 0.885. The Balaban J connectivity index is 3.53. The Hall–Kier alpha value is -0.860. The first-order chi connectivity index (χ1) is 14.1. The van der Waals surface area contributed by atoms with Crippen molar-refractivity contribution in [3.63, 3.8) is 0 Å². The van der Waals surface area contributed by atoms with Crippen molar-refractivity contribution in [1.82, 2.24) is 0 Å². The van der Waals surface area contributed by atoms with Crippen molar-refractivity contribution in [1.29, 1.82) is 0 Å². The summed E-state index contributed by atoms with van der Waals surface area (Å²) in [7, 11) is 0. The van der Waals surface area contributed by atoms with Gasteiger partial charge in [0.2, 0.25) is 0 Å². The maximum Gasteiger partial charge on any atom is 0.333 e. The summed E-state index contributed by atoms with van der Waals surface area (Å²) in [5.74, 6) is -0.360. The number of allylic oxidation sites excluding steroid dienone is 1. The molecule has 0 saturated heterocycles. The Morgan fingerprint density at radius 2 is 1.14 bits per heavy atom. The van der Waals surface area contributed by atoms with Gasteiger partial charge in [-0.2, -0.15) is 0 Å². The SMILES string of the molecule is CCCCCCCCCCCCCCOC(=O)C(C)=CC(F)CCCCCCC. The first kappa shape index (κ1) is 28.1. The standard InChI is InChI=1S/C26H49FO2/c1-4-6-8-10-11-12-13-14-15-16-18-20-22-29-26(28)24(3)23-25(27)21-19-17-9-7-5-2/h23,25H,4-22H2,1-3H3. The van der Waals surface area contributed by atoms with Crippen LogP contribution < -0.4 is 0 Å². The largest absolute Gasteiger partial charge is 0.462 e. The Labute approximate surface area is 181 Å². The first-order valence-electron chi connectivity index (χ1n) is 12.6. The van der Waals surface area contributed by atoms with Crippen LogP contribution in [0.1, 0.15) is 136 Å². The molecule has 0 fully saturated rings. The van der Waals surface area contributed by atoms with Crippen LogP contribution in [-0.2, 0) is 9.53 Å². The van der Waals surface area contributed by atoms with Crippen LogP contribution in [0.2, 0.25) is 0 Å². The Bertz CT molecular complexity index is 392. The van der Waals surface area contributed by atoms with Crippen molar-refractivity contribution in [3.05, 3.63) is 11.6 Å². The summed E-state index contributed by atoms with van der Waals surface area (Å²) >= 11 is 0. The summed E-state index contributed by atoms with van der Waals surface area (Å²) in [6.07, 6.45) is 21.9. The van der Waals surface area contributed by atoms with Crippen molar-refractivity contribution < 1.29 is 13.9 Å². The summed E-state index contributed by atoms with van der Waals surface area (Å²) < 4.78 is 19.2. The third kappa shape index (κ3) is 20.2. The number of hydrogen-bond acceptors (Lipinski definition) is 2. The average molecular weight is 413 g/mol. The van der Waals surface area contributed by atoms with E-state index in [1.165, 1.54) is 89.5 Å². The minimum absolute atomic E-state index is 0.360. The smallest absolute Gasteiger partial charge is 0.333 e. The van der Waals surface area contributed by atoms with E-state index in [2.05, 4.69) is 13.8 Å². The van der Waals surface area contributed by atoms with Gasteiger partial charge in [-0.1, -0.05) is 117 Å². The van der Waals surface area contributed by atoms with Gasteiger partial charge in [0, 0.05) is 5.57 Å². The van der Waals surface area contributed by atoms with Gasteiger partial charge in [0.15, 0.2) is 0 Å². The van der Waals surface area contributed by atoms with Crippen LogP contribution in [0.4, 0.5) is 4.39 Å². The van der Waals surface area contributed by atoms with Crippen LogP contribution in [-0.4, -0.2) is 18.7 Å². The molecule has 172 valence electrons. The average Bonchev–Trinajstić information content (AvgIpc) is 2.71. The van der Waals surface area contributed by atoms with E-state index in [1.807, 2.05) is 0 Å². The Morgan fingerprint density at radius 1 is 0.724 bits per heavy atom. The van der Waals surface area contributed by atoms with Gasteiger partial charge < -0.3 is 4.74 Å². The van der Waals surface area contributed by atoms with E-state index in [0.29, 0.717) is 18.6 Å². The highest BCUT2D eigenvalue weighted by atomic mass is 19.1.